The Morgan fingerprint density at radius 3 is 1.61 bits per heavy atom. The normalized spacial score (nSPS) is 34.6. The third-order valence-corrected chi connectivity index (χ3v) is 9.56. The Morgan fingerprint density at radius 1 is 0.694 bits per heavy atom. The first-order valence-corrected chi connectivity index (χ1v) is 21.0. The molecule has 3 aliphatic heterocycles. The minimum Gasteiger partial charge on any atom is -0.862 e. The Balaban J connectivity index is -0.00000696. The van der Waals surface area contributed by atoms with Crippen LogP contribution in [0.3, 0.4) is 0 Å². The molecule has 0 unspecified atom stereocenters. The van der Waals surface area contributed by atoms with E-state index >= 15 is 0 Å². The van der Waals surface area contributed by atoms with Crippen molar-refractivity contribution in [3.05, 3.63) is 0 Å². The summed E-state index contributed by atoms with van der Waals surface area (Å²) >= 11 is 0. The average Bonchev–Trinajstić information content (AvgIpc) is 3.02. The number of aliphatic hydroxyl groups excluding tert-OH is 4. The minimum atomic E-state index is -5.81. The molecule has 3 rings (SSSR count). The molecule has 39 heteroatoms. The number of carboxylic acids is 1. The fourth-order valence-electron chi connectivity index (χ4n) is 5.54. The zero-order valence-corrected chi connectivity index (χ0v) is 47.1. The van der Waals surface area contributed by atoms with Crippen molar-refractivity contribution in [2.24, 2.45) is 4.99 Å². The molecule has 0 aromatic rings. The van der Waals surface area contributed by atoms with E-state index in [-0.39, 0.29) is 148 Å². The maximum atomic E-state index is 12.4. The van der Waals surface area contributed by atoms with Crippen molar-refractivity contribution in [2.45, 2.75) is 119 Å². The average molecular weight is 1030 g/mol. The summed E-state index contributed by atoms with van der Waals surface area (Å²) in [5.41, 5.74) is 0. The molecular weight excluding hydrogens is 995 g/mol. The predicted octanol–water partition coefficient (Wildman–Crippen LogP) is -24.7. The second kappa shape index (κ2) is 28.8. The van der Waals surface area contributed by atoms with E-state index in [9.17, 15) is 87.3 Å². The molecule has 15 atom stereocenters. The maximum absolute atomic E-state index is 12.4. The number of nitrogens with one attached hydrogen (secondary N) is 1. The fourth-order valence-corrected chi connectivity index (χ4v) is 7.21. The van der Waals surface area contributed by atoms with Gasteiger partial charge in [0.15, 0.2) is 35.3 Å². The molecule has 0 saturated carbocycles. The van der Waals surface area contributed by atoms with Gasteiger partial charge < -0.3 is 77.5 Å². The summed E-state index contributed by atoms with van der Waals surface area (Å²) in [6.45, 7) is 0.972. The van der Waals surface area contributed by atoms with Gasteiger partial charge in [-0.3, -0.25) is 17.9 Å². The van der Waals surface area contributed by atoms with E-state index in [4.69, 9.17) is 28.4 Å². The van der Waals surface area contributed by atoms with Crippen LogP contribution < -0.4 is 163 Å². The molecule has 0 radical (unpaired) electrons. The molecule has 3 aliphatic rings. The topological polar surface area (TPSA) is 478 Å². The van der Waals surface area contributed by atoms with Crippen molar-refractivity contribution in [1.82, 2.24) is 4.72 Å². The SMILES string of the molecule is CC([O-])=N[C@H]1[C@@H](OC(C)C)O[C@H](COS(=O)(=O)[O-])[C@@H](O[C@@H]2O[C@H](C(=O)[O-])[C@@H](O[C@H]3O[C@H](COS(=O)(=O)[O-])[C@@H](O)[C@H](O)[C@H]3NS(=O)(=O)[O-])[C@H](O)[C@H]2OS(=O)(=O)O)[C@@H]1O.[Na+].[Na+].[Na+].[Na+].[Na+]. The molecule has 0 amide bonds. The molecule has 0 aliphatic carbocycles. The monoisotopic (exact) mass is 1030 g/mol. The molecule has 0 bridgehead atoms. The minimum absolute atomic E-state index is 0. The zero-order valence-electron chi connectivity index (χ0n) is 33.9. The van der Waals surface area contributed by atoms with E-state index in [1.165, 1.54) is 18.6 Å². The molecule has 30 nitrogen and oxygen atoms in total. The van der Waals surface area contributed by atoms with Gasteiger partial charge >= 0.3 is 158 Å². The Hall–Kier alpha value is 3.02. The molecule has 3 fully saturated rings. The van der Waals surface area contributed by atoms with Crippen LogP contribution in [-0.4, -0.2) is 195 Å². The van der Waals surface area contributed by atoms with Crippen molar-refractivity contribution < 1.29 is 276 Å². The molecule has 0 aromatic carbocycles. The van der Waals surface area contributed by atoms with E-state index in [0.717, 1.165) is 6.92 Å². The number of ether oxygens (including phenoxy) is 6. The third kappa shape index (κ3) is 22.0. The molecule has 0 spiro atoms. The van der Waals surface area contributed by atoms with Gasteiger partial charge in [-0.2, -0.15) is 8.42 Å². The number of aliphatic hydroxyl groups is 4. The van der Waals surface area contributed by atoms with Crippen LogP contribution in [0.4, 0.5) is 0 Å². The molecule has 62 heavy (non-hydrogen) atoms. The van der Waals surface area contributed by atoms with Crippen LogP contribution in [0.5, 0.6) is 0 Å². The molecule has 3 heterocycles. The number of carbonyl (C=O) groups excluding carboxylic acids is 1. The van der Waals surface area contributed by atoms with Crippen molar-refractivity contribution in [3.8, 4) is 0 Å². The number of aliphatic carboxylic acids is 1. The fraction of sp³-hybridized carbons (Fsp3) is 0.913. The quantitative estimate of drug-likeness (QED) is 0.0244. The Kier molecular flexibility index (Phi) is 32.1. The van der Waals surface area contributed by atoms with Gasteiger partial charge in [-0.1, -0.05) is 0 Å². The van der Waals surface area contributed by atoms with Crippen LogP contribution in [0.2, 0.25) is 0 Å². The smallest absolute Gasteiger partial charge is 0.862 e. The van der Waals surface area contributed by atoms with Gasteiger partial charge in [0, 0.05) is 0 Å². The number of rotatable bonds is 18. The number of hydrogen-bond acceptors (Lipinski definition) is 28. The summed E-state index contributed by atoms with van der Waals surface area (Å²) in [4.78, 5) is 16.0. The van der Waals surface area contributed by atoms with Crippen molar-refractivity contribution >= 4 is 53.4 Å². The Morgan fingerprint density at radius 2 is 1.18 bits per heavy atom. The summed E-state index contributed by atoms with van der Waals surface area (Å²) in [6, 6.07) is -4.32. The molecule has 0 aromatic heterocycles. The number of carbonyl (C=O) groups is 1. The zero-order chi connectivity index (χ0) is 43.6. The largest absolute Gasteiger partial charge is 1.00 e. The van der Waals surface area contributed by atoms with Crippen LogP contribution in [0.15, 0.2) is 4.99 Å². The van der Waals surface area contributed by atoms with Crippen LogP contribution >= 0.6 is 0 Å². The van der Waals surface area contributed by atoms with Gasteiger partial charge in [0.05, 0.1) is 25.3 Å². The Labute approximate surface area is 464 Å². The second-order valence-electron chi connectivity index (χ2n) is 12.3. The van der Waals surface area contributed by atoms with Crippen molar-refractivity contribution in [3.63, 3.8) is 0 Å². The number of hydrogen-bond donors (Lipinski definition) is 6. The summed E-state index contributed by atoms with van der Waals surface area (Å²) < 4.78 is 181. The van der Waals surface area contributed by atoms with Crippen LogP contribution in [0, 0.1) is 0 Å². The van der Waals surface area contributed by atoms with Gasteiger partial charge in [-0.25, -0.2) is 34.2 Å². The van der Waals surface area contributed by atoms with Gasteiger partial charge in [-0.15, -0.1) is 0 Å². The van der Waals surface area contributed by atoms with E-state index in [1.54, 1.807) is 0 Å². The van der Waals surface area contributed by atoms with Gasteiger partial charge in [0.2, 0.25) is 20.8 Å². The summed E-state index contributed by atoms with van der Waals surface area (Å²) in [6.07, 6.45) is -32.9. The summed E-state index contributed by atoms with van der Waals surface area (Å²) in [5, 5.41) is 67.9. The van der Waals surface area contributed by atoms with Gasteiger partial charge in [0.25, 0.3) is 0 Å². The first-order valence-electron chi connectivity index (χ1n) is 15.5. The van der Waals surface area contributed by atoms with Crippen molar-refractivity contribution in [2.75, 3.05) is 13.2 Å². The van der Waals surface area contributed by atoms with Gasteiger partial charge in [-0.05, 0) is 26.7 Å². The predicted molar refractivity (Wildman–Crippen MR) is 162 cm³/mol. The standard InChI is InChI=1S/C23H40N2O28S4.5Na/c1-6(2)47-21-10(24-7(3)26)14(29)16(9(49-21)5-46-56(39,40)41)50-23-18(53-57(42,43)44)15(30)17(19(52-23)20(31)32)51-22-11(25-54(33,34)35)13(28)12(27)8(48-22)4-45-55(36,37)38;;;;;/h6,8-19,21-23,25,27-30H,4-5H2,1-3H3,(H,24,26)(H,31,32)(H,33,34,35)(H,36,37,38)(H,39,40,41)(H,42,43,44);;;;;/q;5*+1/p-5/t8-,9-,10-,11-,12-,13-,14-,15+,16-,17+,18-,19+,21+,22-,23-;;;;;/m1...../s1. The van der Waals surface area contributed by atoms with Crippen LogP contribution in [0.1, 0.15) is 20.8 Å². The molecule has 3 saturated heterocycles. The van der Waals surface area contributed by atoms with E-state index in [2.05, 4.69) is 17.5 Å². The van der Waals surface area contributed by atoms with E-state index in [0.29, 0.717) is 0 Å². The van der Waals surface area contributed by atoms with Gasteiger partial charge in [0.1, 0.15) is 67.0 Å². The third-order valence-electron chi connectivity index (χ3n) is 7.68. The molecule has 6 N–H and O–H groups in total. The first-order chi connectivity index (χ1) is 25.9. The van der Waals surface area contributed by atoms with E-state index in [1.807, 2.05) is 0 Å². The van der Waals surface area contributed by atoms with Crippen LogP contribution in [0.25, 0.3) is 0 Å². The molecular formula is C23H35N2Na5O28S4. The molecule has 334 valence electrons. The number of aliphatic imine (C=N–C) groups is 1. The maximum Gasteiger partial charge on any atom is 1.00 e. The first kappa shape index (κ1) is 69.3. The Bertz CT molecular complexity index is 1880. The second-order valence-corrected chi connectivity index (χ2v) is 16.6. The van der Waals surface area contributed by atoms with Crippen molar-refractivity contribution in [1.29, 1.82) is 0 Å². The summed E-state index contributed by atoms with van der Waals surface area (Å²) in [7, 11) is -22.6. The van der Waals surface area contributed by atoms with E-state index < -0.39 is 165 Å². The number of carboxylic acid groups (broad SMARTS) is 1. The summed E-state index contributed by atoms with van der Waals surface area (Å²) in [5.74, 6) is -3.41. The number of nitrogens with zero attached hydrogens (tertiary/aromatic N) is 1. The van der Waals surface area contributed by atoms with Crippen LogP contribution in [-0.2, 0) is 87.3 Å².